The largest absolute Gasteiger partial charge is 0.481 e. The van der Waals surface area contributed by atoms with Crippen LogP contribution in [-0.4, -0.2) is 35.0 Å². The van der Waals surface area contributed by atoms with Crippen LogP contribution in [0.5, 0.6) is 0 Å². The molecule has 1 N–H and O–H groups in total. The van der Waals surface area contributed by atoms with Gasteiger partial charge < -0.3 is 10.0 Å². The smallest absolute Gasteiger partial charge is 0.303 e. The molecule has 0 spiro atoms. The molecule has 1 amide bonds. The minimum Gasteiger partial charge on any atom is -0.481 e. The van der Waals surface area contributed by atoms with Gasteiger partial charge in [-0.05, 0) is 61.3 Å². The first-order valence-corrected chi connectivity index (χ1v) is 7.76. The van der Waals surface area contributed by atoms with E-state index in [4.69, 9.17) is 5.11 Å². The van der Waals surface area contributed by atoms with Crippen molar-refractivity contribution in [1.82, 2.24) is 4.90 Å². The van der Waals surface area contributed by atoms with Crippen LogP contribution in [0, 0.1) is 5.92 Å². The third-order valence-electron chi connectivity index (χ3n) is 4.63. The second-order valence-electron chi connectivity index (χ2n) is 6.19. The molecule has 112 valence electrons. The zero-order valence-corrected chi connectivity index (χ0v) is 12.2. The lowest BCUT2D eigenvalue weighted by Gasteiger charge is -2.19. The van der Waals surface area contributed by atoms with Gasteiger partial charge in [0, 0.05) is 25.1 Å². The summed E-state index contributed by atoms with van der Waals surface area (Å²) in [5.41, 5.74) is 3.45. The van der Waals surface area contributed by atoms with Crippen molar-refractivity contribution >= 4 is 11.9 Å². The highest BCUT2D eigenvalue weighted by molar-refractivity contribution is 5.94. The molecule has 4 nitrogen and oxygen atoms in total. The van der Waals surface area contributed by atoms with E-state index in [1.54, 1.807) is 4.90 Å². The van der Waals surface area contributed by atoms with Crippen LogP contribution >= 0.6 is 0 Å². The van der Waals surface area contributed by atoms with Crippen molar-refractivity contribution in [2.75, 3.05) is 13.1 Å². The summed E-state index contributed by atoms with van der Waals surface area (Å²) in [6, 6.07) is 6.06. The van der Waals surface area contributed by atoms with Gasteiger partial charge in [0.1, 0.15) is 0 Å². The fourth-order valence-electron chi connectivity index (χ4n) is 3.48. The Balaban J connectivity index is 1.70. The summed E-state index contributed by atoms with van der Waals surface area (Å²) in [6.45, 7) is 1.25. The summed E-state index contributed by atoms with van der Waals surface area (Å²) in [5, 5.41) is 8.84. The minimum atomic E-state index is -0.775. The SMILES string of the molecule is O=C(O)CC1CCN(C(=O)c2ccc3c(c2)CCCC3)C1. The second kappa shape index (κ2) is 5.88. The predicted octanol–water partition coefficient (Wildman–Crippen LogP) is 2.50. The van der Waals surface area contributed by atoms with E-state index < -0.39 is 5.97 Å². The zero-order valence-electron chi connectivity index (χ0n) is 12.2. The molecule has 0 bridgehead atoms. The molecule has 1 fully saturated rings. The van der Waals surface area contributed by atoms with Crippen molar-refractivity contribution in [3.8, 4) is 0 Å². The number of aliphatic carboxylic acids is 1. The Hall–Kier alpha value is -1.84. The Kier molecular flexibility index (Phi) is 3.95. The molecule has 0 saturated carbocycles. The summed E-state index contributed by atoms with van der Waals surface area (Å²) in [6.07, 6.45) is 5.58. The maximum absolute atomic E-state index is 12.5. The van der Waals surface area contributed by atoms with E-state index in [0.717, 1.165) is 24.8 Å². The molecule has 1 aliphatic carbocycles. The van der Waals surface area contributed by atoms with Crippen LogP contribution in [0.25, 0.3) is 0 Å². The standard InChI is InChI=1S/C17H21NO3/c19-16(20)9-12-7-8-18(11-12)17(21)15-6-5-13-3-1-2-4-14(13)10-15/h5-6,10,12H,1-4,7-9,11H2,(H,19,20). The van der Waals surface area contributed by atoms with Gasteiger partial charge >= 0.3 is 5.97 Å². The first-order chi connectivity index (χ1) is 10.1. The fourth-order valence-corrected chi connectivity index (χ4v) is 3.48. The molecule has 4 heteroatoms. The Bertz CT molecular complexity index is 567. The monoisotopic (exact) mass is 287 g/mol. The third-order valence-corrected chi connectivity index (χ3v) is 4.63. The maximum Gasteiger partial charge on any atom is 0.303 e. The van der Waals surface area contributed by atoms with E-state index in [0.29, 0.717) is 13.1 Å². The number of benzene rings is 1. The van der Waals surface area contributed by atoms with E-state index >= 15 is 0 Å². The second-order valence-corrected chi connectivity index (χ2v) is 6.19. The van der Waals surface area contributed by atoms with E-state index in [9.17, 15) is 9.59 Å². The molecule has 1 aromatic rings. The Morgan fingerprint density at radius 2 is 1.95 bits per heavy atom. The summed E-state index contributed by atoms with van der Waals surface area (Å²) in [4.78, 5) is 25.1. The summed E-state index contributed by atoms with van der Waals surface area (Å²) >= 11 is 0. The van der Waals surface area contributed by atoms with Gasteiger partial charge in [-0.15, -0.1) is 0 Å². The van der Waals surface area contributed by atoms with Gasteiger partial charge in [-0.3, -0.25) is 9.59 Å². The minimum absolute atomic E-state index is 0.0521. The Labute approximate surface area is 124 Å². The van der Waals surface area contributed by atoms with Gasteiger partial charge in [0.2, 0.25) is 0 Å². The molecular formula is C17H21NO3. The van der Waals surface area contributed by atoms with E-state index in [1.807, 2.05) is 12.1 Å². The van der Waals surface area contributed by atoms with Crippen molar-refractivity contribution in [2.24, 2.45) is 5.92 Å². The number of rotatable bonds is 3. The lowest BCUT2D eigenvalue weighted by Crippen LogP contribution is -2.29. The number of amides is 1. The number of aryl methyl sites for hydroxylation is 2. The van der Waals surface area contributed by atoms with Crippen molar-refractivity contribution in [1.29, 1.82) is 0 Å². The molecule has 1 atom stereocenters. The van der Waals surface area contributed by atoms with Gasteiger partial charge in [-0.1, -0.05) is 6.07 Å². The number of carbonyl (C=O) groups excluding carboxylic acids is 1. The molecule has 21 heavy (non-hydrogen) atoms. The van der Waals surface area contributed by atoms with Crippen LogP contribution in [0.15, 0.2) is 18.2 Å². The molecule has 1 aliphatic heterocycles. The fraction of sp³-hybridized carbons (Fsp3) is 0.529. The zero-order chi connectivity index (χ0) is 14.8. The van der Waals surface area contributed by atoms with Gasteiger partial charge in [-0.25, -0.2) is 0 Å². The number of hydrogen-bond acceptors (Lipinski definition) is 2. The average Bonchev–Trinajstić information content (AvgIpc) is 2.93. The van der Waals surface area contributed by atoms with Gasteiger partial charge in [0.15, 0.2) is 0 Å². The number of carboxylic acid groups (broad SMARTS) is 1. The first-order valence-electron chi connectivity index (χ1n) is 7.76. The van der Waals surface area contributed by atoms with Crippen LogP contribution in [0.4, 0.5) is 0 Å². The van der Waals surface area contributed by atoms with Crippen LogP contribution in [-0.2, 0) is 17.6 Å². The summed E-state index contributed by atoms with van der Waals surface area (Å²) < 4.78 is 0. The van der Waals surface area contributed by atoms with E-state index in [1.165, 1.54) is 24.0 Å². The van der Waals surface area contributed by atoms with Gasteiger partial charge in [0.05, 0.1) is 0 Å². The molecular weight excluding hydrogens is 266 g/mol. The number of hydrogen-bond donors (Lipinski definition) is 1. The van der Waals surface area contributed by atoms with Crippen LogP contribution in [0.1, 0.15) is 47.2 Å². The lowest BCUT2D eigenvalue weighted by molar-refractivity contribution is -0.138. The number of fused-ring (bicyclic) bond motifs is 1. The molecule has 0 radical (unpaired) electrons. The van der Waals surface area contributed by atoms with Gasteiger partial charge in [0.25, 0.3) is 5.91 Å². The number of carboxylic acids is 1. The van der Waals surface area contributed by atoms with E-state index in [-0.39, 0.29) is 18.2 Å². The molecule has 1 saturated heterocycles. The number of carbonyl (C=O) groups is 2. The summed E-state index contributed by atoms with van der Waals surface area (Å²) in [7, 11) is 0. The van der Waals surface area contributed by atoms with Crippen molar-refractivity contribution in [3.05, 3.63) is 34.9 Å². The quantitative estimate of drug-likeness (QED) is 0.929. The molecule has 1 heterocycles. The van der Waals surface area contributed by atoms with Crippen LogP contribution in [0.3, 0.4) is 0 Å². The Morgan fingerprint density at radius 1 is 1.19 bits per heavy atom. The highest BCUT2D eigenvalue weighted by Gasteiger charge is 2.28. The highest BCUT2D eigenvalue weighted by Crippen LogP contribution is 2.25. The average molecular weight is 287 g/mol. The third kappa shape index (κ3) is 3.09. The molecule has 1 aromatic carbocycles. The maximum atomic E-state index is 12.5. The lowest BCUT2D eigenvalue weighted by atomic mass is 9.90. The molecule has 1 unspecified atom stereocenters. The summed E-state index contributed by atoms with van der Waals surface area (Å²) in [5.74, 6) is -0.622. The number of nitrogens with zero attached hydrogens (tertiary/aromatic N) is 1. The van der Waals surface area contributed by atoms with Crippen molar-refractivity contribution in [3.63, 3.8) is 0 Å². The van der Waals surface area contributed by atoms with E-state index in [2.05, 4.69) is 6.07 Å². The van der Waals surface area contributed by atoms with Crippen molar-refractivity contribution < 1.29 is 14.7 Å². The molecule has 2 aliphatic rings. The van der Waals surface area contributed by atoms with Crippen molar-refractivity contribution in [2.45, 2.75) is 38.5 Å². The number of likely N-dealkylation sites (tertiary alicyclic amines) is 1. The Morgan fingerprint density at radius 3 is 2.71 bits per heavy atom. The van der Waals surface area contributed by atoms with Crippen LogP contribution in [0.2, 0.25) is 0 Å². The predicted molar refractivity (Wildman–Crippen MR) is 79.3 cm³/mol. The molecule has 3 rings (SSSR count). The normalized spacial score (nSPS) is 21.1. The van der Waals surface area contributed by atoms with Gasteiger partial charge in [-0.2, -0.15) is 0 Å². The van der Waals surface area contributed by atoms with Crippen LogP contribution < -0.4 is 0 Å². The topological polar surface area (TPSA) is 57.6 Å². The highest BCUT2D eigenvalue weighted by atomic mass is 16.4. The molecule has 0 aromatic heterocycles. The first kappa shape index (κ1) is 14.1.